The van der Waals surface area contributed by atoms with Crippen LogP contribution < -0.4 is 0 Å². The van der Waals surface area contributed by atoms with Gasteiger partial charge in [0.1, 0.15) is 6.61 Å². The summed E-state index contributed by atoms with van der Waals surface area (Å²) in [4.78, 5) is 10.4. The topological polar surface area (TPSA) is 35.5 Å². The van der Waals surface area contributed by atoms with Gasteiger partial charge in [-0.05, 0) is 19.3 Å². The third-order valence-corrected chi connectivity index (χ3v) is 3.64. The van der Waals surface area contributed by atoms with E-state index in [1.54, 1.807) is 0 Å². The Hall–Kier alpha value is -0.280. The molecule has 1 rings (SSSR count). The van der Waals surface area contributed by atoms with Crippen molar-refractivity contribution in [3.05, 3.63) is 0 Å². The lowest BCUT2D eigenvalue weighted by molar-refractivity contribution is -0.139. The van der Waals surface area contributed by atoms with Crippen molar-refractivity contribution >= 4 is 28.6 Å². The van der Waals surface area contributed by atoms with Crippen LogP contribution in [0.2, 0.25) is 0 Å². The second-order valence-corrected chi connectivity index (χ2v) is 5.03. The molecule has 1 saturated carbocycles. The molecule has 0 aromatic heterocycles. The van der Waals surface area contributed by atoms with Crippen LogP contribution in [-0.4, -0.2) is 29.2 Å². The van der Waals surface area contributed by atoms with Gasteiger partial charge < -0.3 is 9.47 Å². The number of ether oxygens (including phenoxy) is 2. The van der Waals surface area contributed by atoms with Crippen LogP contribution in [-0.2, 0) is 14.3 Å². The Balaban J connectivity index is 2.07. The number of rotatable bonds is 3. The van der Waals surface area contributed by atoms with Crippen LogP contribution in [0.5, 0.6) is 0 Å². The molecule has 4 heteroatoms. The number of hydrogen-bond donors (Lipinski definition) is 0. The first kappa shape index (κ1) is 12.8. The maximum absolute atomic E-state index is 10.4. The van der Waals surface area contributed by atoms with E-state index in [4.69, 9.17) is 4.74 Å². The highest BCUT2D eigenvalue weighted by molar-refractivity contribution is 14.1. The summed E-state index contributed by atoms with van der Waals surface area (Å²) in [5, 5.41) is 0. The minimum absolute atomic E-state index is 0.164. The molecule has 0 N–H and O–H groups in total. The highest BCUT2D eigenvalue weighted by atomic mass is 127. The minimum atomic E-state index is -0.298. The van der Waals surface area contributed by atoms with Gasteiger partial charge in [-0.15, -0.1) is 0 Å². The zero-order valence-corrected chi connectivity index (χ0v) is 11.0. The molecule has 0 unspecified atom stereocenters. The van der Waals surface area contributed by atoms with Crippen LogP contribution in [0.4, 0.5) is 0 Å². The van der Waals surface area contributed by atoms with Crippen molar-refractivity contribution < 1.29 is 14.3 Å². The molecule has 0 saturated heterocycles. The van der Waals surface area contributed by atoms with Gasteiger partial charge >= 0.3 is 5.97 Å². The number of halogens is 1. The second kappa shape index (κ2) is 7.07. The summed E-state index contributed by atoms with van der Waals surface area (Å²) in [6, 6.07) is 0. The molecule has 0 radical (unpaired) electrons. The molecule has 0 aromatic carbocycles. The first-order valence-corrected chi connectivity index (χ1v) is 6.29. The van der Waals surface area contributed by atoms with Crippen molar-refractivity contribution in [1.29, 1.82) is 0 Å². The summed E-state index contributed by atoms with van der Waals surface area (Å²) in [6.45, 7) is 1.97. The zero-order chi connectivity index (χ0) is 11.1. The van der Waals surface area contributed by atoms with E-state index < -0.39 is 0 Å². The normalized spacial score (nSPS) is 24.4. The fourth-order valence-electron chi connectivity index (χ4n) is 1.46. The summed E-state index contributed by atoms with van der Waals surface area (Å²) in [5.74, 6) is 5.27. The van der Waals surface area contributed by atoms with Gasteiger partial charge in [-0.2, -0.15) is 0 Å². The van der Waals surface area contributed by atoms with Gasteiger partial charge in [0.25, 0.3) is 0 Å². The Bertz CT molecular complexity index is 267. The molecule has 1 aliphatic rings. The predicted octanol–water partition coefficient (Wildman–Crippen LogP) is 1.93. The number of alkyl halides is 1. The molecule has 0 aromatic rings. The molecule has 2 atom stereocenters. The minimum Gasteiger partial charge on any atom is -0.453 e. The lowest BCUT2D eigenvalue weighted by Gasteiger charge is -2.12. The SMILES string of the molecule is CC(=O)OCC#CCO[C@@H]1CCC[C@H]1I. The van der Waals surface area contributed by atoms with Crippen LogP contribution in [0.15, 0.2) is 0 Å². The van der Waals surface area contributed by atoms with Gasteiger partial charge in [-0.3, -0.25) is 4.79 Å². The average molecular weight is 322 g/mol. The van der Waals surface area contributed by atoms with E-state index in [0.29, 0.717) is 16.6 Å². The summed E-state index contributed by atoms with van der Waals surface area (Å²) in [7, 11) is 0. The quantitative estimate of drug-likeness (QED) is 0.345. The lowest BCUT2D eigenvalue weighted by Crippen LogP contribution is -2.17. The van der Waals surface area contributed by atoms with Crippen molar-refractivity contribution in [1.82, 2.24) is 0 Å². The van der Waals surface area contributed by atoms with Crippen LogP contribution in [0.1, 0.15) is 26.2 Å². The largest absolute Gasteiger partial charge is 0.453 e. The standard InChI is InChI=1S/C11H15IO3/c1-9(13)14-7-2-3-8-15-11-6-4-5-10(11)12/h10-11H,4-8H2,1H3/t10-,11-/m1/s1. The van der Waals surface area contributed by atoms with E-state index in [2.05, 4.69) is 39.2 Å². The van der Waals surface area contributed by atoms with Crippen LogP contribution in [0.25, 0.3) is 0 Å². The van der Waals surface area contributed by atoms with E-state index in [1.165, 1.54) is 19.8 Å². The molecule has 3 nitrogen and oxygen atoms in total. The van der Waals surface area contributed by atoms with Crippen LogP contribution in [0.3, 0.4) is 0 Å². The Morgan fingerprint density at radius 3 is 2.73 bits per heavy atom. The summed E-state index contributed by atoms with van der Waals surface area (Å²) >= 11 is 2.43. The average Bonchev–Trinajstić information content (AvgIpc) is 2.57. The van der Waals surface area contributed by atoms with Crippen molar-refractivity contribution in [2.45, 2.75) is 36.2 Å². The molecule has 0 amide bonds. The third-order valence-electron chi connectivity index (χ3n) is 2.21. The van der Waals surface area contributed by atoms with Gasteiger partial charge in [0.15, 0.2) is 6.61 Å². The molecule has 84 valence electrons. The van der Waals surface area contributed by atoms with E-state index in [0.717, 1.165) is 6.42 Å². The Morgan fingerprint density at radius 1 is 1.40 bits per heavy atom. The maximum Gasteiger partial charge on any atom is 0.303 e. The highest BCUT2D eigenvalue weighted by Crippen LogP contribution is 2.28. The number of hydrogen-bond acceptors (Lipinski definition) is 3. The highest BCUT2D eigenvalue weighted by Gasteiger charge is 2.24. The third kappa shape index (κ3) is 5.38. The predicted molar refractivity (Wildman–Crippen MR) is 65.8 cm³/mol. The Kier molecular flexibility index (Phi) is 6.03. The lowest BCUT2D eigenvalue weighted by atomic mass is 10.3. The van der Waals surface area contributed by atoms with E-state index in [-0.39, 0.29) is 12.6 Å². The molecular weight excluding hydrogens is 307 g/mol. The van der Waals surface area contributed by atoms with Crippen molar-refractivity contribution in [2.24, 2.45) is 0 Å². The van der Waals surface area contributed by atoms with Crippen molar-refractivity contribution in [3.63, 3.8) is 0 Å². The van der Waals surface area contributed by atoms with Gasteiger partial charge in [-0.25, -0.2) is 0 Å². The van der Waals surface area contributed by atoms with Gasteiger partial charge in [0.2, 0.25) is 0 Å². The fraction of sp³-hybridized carbons (Fsp3) is 0.727. The van der Waals surface area contributed by atoms with Gasteiger partial charge in [0, 0.05) is 10.8 Å². The van der Waals surface area contributed by atoms with Crippen LogP contribution >= 0.6 is 22.6 Å². The molecular formula is C11H15IO3. The number of carbonyl (C=O) groups excluding carboxylic acids is 1. The monoisotopic (exact) mass is 322 g/mol. The first-order valence-electron chi connectivity index (χ1n) is 5.05. The molecule has 1 fully saturated rings. The summed E-state index contributed by atoms with van der Waals surface area (Å²) in [6.07, 6.45) is 3.98. The van der Waals surface area contributed by atoms with E-state index in [9.17, 15) is 4.79 Å². The molecule has 0 aliphatic heterocycles. The van der Waals surface area contributed by atoms with Crippen molar-refractivity contribution in [2.75, 3.05) is 13.2 Å². The molecule has 15 heavy (non-hydrogen) atoms. The van der Waals surface area contributed by atoms with Gasteiger partial charge in [0.05, 0.1) is 6.10 Å². The molecule has 0 bridgehead atoms. The number of esters is 1. The fourth-order valence-corrected chi connectivity index (χ4v) is 2.46. The maximum atomic E-state index is 10.4. The Morgan fingerprint density at radius 2 is 2.13 bits per heavy atom. The van der Waals surface area contributed by atoms with E-state index in [1.807, 2.05) is 0 Å². The molecule has 1 aliphatic carbocycles. The van der Waals surface area contributed by atoms with Crippen molar-refractivity contribution in [3.8, 4) is 11.8 Å². The van der Waals surface area contributed by atoms with Crippen LogP contribution in [0, 0.1) is 11.8 Å². The zero-order valence-electron chi connectivity index (χ0n) is 8.79. The smallest absolute Gasteiger partial charge is 0.303 e. The first-order chi connectivity index (χ1) is 7.20. The second-order valence-electron chi connectivity index (χ2n) is 3.43. The number of carbonyl (C=O) groups is 1. The van der Waals surface area contributed by atoms with Gasteiger partial charge in [-0.1, -0.05) is 34.4 Å². The molecule has 0 heterocycles. The summed E-state index contributed by atoms with van der Waals surface area (Å²) in [5.41, 5.74) is 0. The Labute approximate surface area is 104 Å². The summed E-state index contributed by atoms with van der Waals surface area (Å²) < 4.78 is 10.9. The van der Waals surface area contributed by atoms with E-state index >= 15 is 0 Å². The molecule has 0 spiro atoms.